The summed E-state index contributed by atoms with van der Waals surface area (Å²) in [6, 6.07) is 9.77. The molecule has 4 aromatic rings. The van der Waals surface area contributed by atoms with E-state index in [2.05, 4.69) is 23.2 Å². The Kier molecular flexibility index (Phi) is 6.53. The lowest BCUT2D eigenvalue weighted by atomic mass is 10.0. The lowest BCUT2D eigenvalue weighted by Gasteiger charge is -2.17. The van der Waals surface area contributed by atoms with Gasteiger partial charge in [-0.25, -0.2) is 4.98 Å². The molecule has 0 aliphatic carbocycles. The Labute approximate surface area is 197 Å². The fourth-order valence-electron chi connectivity index (χ4n) is 4.10. The molecule has 8 heteroatoms. The number of hydrogen-bond acceptors (Lipinski definition) is 4. The molecular formula is C26H29F3N4O. The fraction of sp³-hybridized carbons (Fsp3) is 0.385. The topological polar surface area (TPSA) is 42.7 Å². The molecule has 180 valence electrons. The van der Waals surface area contributed by atoms with Gasteiger partial charge in [0.1, 0.15) is 11.6 Å². The predicted molar refractivity (Wildman–Crippen MR) is 128 cm³/mol. The Morgan fingerprint density at radius 1 is 1.03 bits per heavy atom. The van der Waals surface area contributed by atoms with E-state index in [1.54, 1.807) is 18.3 Å². The number of alkyl halides is 3. The number of halogens is 3. The lowest BCUT2D eigenvalue weighted by molar-refractivity contribution is -0.138. The average molecular weight is 471 g/mol. The van der Waals surface area contributed by atoms with E-state index in [-0.39, 0.29) is 18.3 Å². The Hall–Kier alpha value is -3.13. The highest BCUT2D eigenvalue weighted by Crippen LogP contribution is 2.39. The van der Waals surface area contributed by atoms with E-state index in [0.29, 0.717) is 17.5 Å². The summed E-state index contributed by atoms with van der Waals surface area (Å²) in [5.41, 5.74) is 3.71. The molecule has 0 bridgehead atoms. The van der Waals surface area contributed by atoms with Gasteiger partial charge in [0.05, 0.1) is 40.6 Å². The summed E-state index contributed by atoms with van der Waals surface area (Å²) in [7, 11) is 3.83. The van der Waals surface area contributed by atoms with Crippen molar-refractivity contribution in [3.05, 3.63) is 59.7 Å². The first-order valence-electron chi connectivity index (χ1n) is 11.3. The van der Waals surface area contributed by atoms with Crippen molar-refractivity contribution in [1.82, 2.24) is 19.3 Å². The summed E-state index contributed by atoms with van der Waals surface area (Å²) < 4.78 is 49.2. The molecule has 0 aliphatic heterocycles. The van der Waals surface area contributed by atoms with Gasteiger partial charge in [0.25, 0.3) is 0 Å². The minimum absolute atomic E-state index is 0.146. The number of hydrogen-bond donors (Lipinski definition) is 0. The van der Waals surface area contributed by atoms with Gasteiger partial charge < -0.3 is 9.64 Å². The largest absolute Gasteiger partial charge is 0.493 e. The minimum atomic E-state index is -4.52. The van der Waals surface area contributed by atoms with E-state index in [0.717, 1.165) is 34.6 Å². The molecule has 0 saturated heterocycles. The third-order valence-corrected chi connectivity index (χ3v) is 5.81. The molecule has 0 amide bonds. The Morgan fingerprint density at radius 3 is 2.41 bits per heavy atom. The zero-order valence-electron chi connectivity index (χ0n) is 20.1. The molecule has 34 heavy (non-hydrogen) atoms. The van der Waals surface area contributed by atoms with E-state index < -0.39 is 11.7 Å². The molecule has 0 unspecified atom stereocenters. The third kappa shape index (κ3) is 4.73. The standard InChI is InChI=1S/C26H29F3N4O/c1-16(2)25-31-17(3)23-15-30-21-9-7-19(14-22(21)33(23)25)18-8-10-24(20(13-18)26(27,28)29)34-12-6-11-32(4)5/h7-10,13-16H,6,11-12H2,1-5H3. The van der Waals surface area contributed by atoms with Gasteiger partial charge in [0, 0.05) is 12.5 Å². The van der Waals surface area contributed by atoms with Crippen LogP contribution in [0.25, 0.3) is 27.7 Å². The van der Waals surface area contributed by atoms with Gasteiger partial charge in [-0.2, -0.15) is 13.2 Å². The second-order valence-electron chi connectivity index (χ2n) is 9.11. The normalized spacial score (nSPS) is 12.4. The molecule has 0 fully saturated rings. The van der Waals surface area contributed by atoms with Gasteiger partial charge >= 0.3 is 6.18 Å². The number of aromatic nitrogens is 3. The van der Waals surface area contributed by atoms with Crippen molar-refractivity contribution >= 4 is 16.6 Å². The van der Waals surface area contributed by atoms with Crippen LogP contribution in [0, 0.1) is 6.92 Å². The molecule has 0 saturated carbocycles. The van der Waals surface area contributed by atoms with E-state index in [4.69, 9.17) is 9.72 Å². The van der Waals surface area contributed by atoms with Crippen molar-refractivity contribution in [2.75, 3.05) is 27.2 Å². The highest BCUT2D eigenvalue weighted by molar-refractivity contribution is 5.85. The zero-order valence-corrected chi connectivity index (χ0v) is 20.1. The van der Waals surface area contributed by atoms with Crippen LogP contribution in [-0.2, 0) is 6.18 Å². The number of rotatable bonds is 7. The summed E-state index contributed by atoms with van der Waals surface area (Å²) >= 11 is 0. The van der Waals surface area contributed by atoms with Crippen molar-refractivity contribution in [3.63, 3.8) is 0 Å². The maximum Gasteiger partial charge on any atom is 0.419 e. The van der Waals surface area contributed by atoms with Crippen LogP contribution in [0.15, 0.2) is 42.6 Å². The minimum Gasteiger partial charge on any atom is -0.493 e. The van der Waals surface area contributed by atoms with Crippen molar-refractivity contribution in [2.24, 2.45) is 0 Å². The van der Waals surface area contributed by atoms with Crippen LogP contribution in [0.5, 0.6) is 5.75 Å². The second-order valence-corrected chi connectivity index (χ2v) is 9.11. The maximum absolute atomic E-state index is 13.9. The van der Waals surface area contributed by atoms with Crippen molar-refractivity contribution in [1.29, 1.82) is 0 Å². The molecule has 4 rings (SSSR count). The van der Waals surface area contributed by atoms with E-state index >= 15 is 0 Å². The van der Waals surface area contributed by atoms with Gasteiger partial charge in [-0.05, 0) is 62.8 Å². The summed E-state index contributed by atoms with van der Waals surface area (Å²) in [5.74, 6) is 0.929. The van der Waals surface area contributed by atoms with Crippen LogP contribution < -0.4 is 4.74 Å². The molecule has 2 aromatic heterocycles. The molecular weight excluding hydrogens is 441 g/mol. The number of imidazole rings is 1. The monoisotopic (exact) mass is 470 g/mol. The average Bonchev–Trinajstić information content (AvgIpc) is 3.13. The molecule has 0 aliphatic rings. The predicted octanol–water partition coefficient (Wildman–Crippen LogP) is 6.33. The molecule has 2 heterocycles. The van der Waals surface area contributed by atoms with Crippen LogP contribution in [0.4, 0.5) is 13.2 Å². The van der Waals surface area contributed by atoms with E-state index in [9.17, 15) is 13.2 Å². The Morgan fingerprint density at radius 2 is 1.74 bits per heavy atom. The smallest absolute Gasteiger partial charge is 0.419 e. The van der Waals surface area contributed by atoms with Crippen LogP contribution >= 0.6 is 0 Å². The Balaban J connectivity index is 1.78. The first-order valence-corrected chi connectivity index (χ1v) is 11.3. The molecule has 0 atom stereocenters. The first kappa shape index (κ1) is 24.0. The van der Waals surface area contributed by atoms with Crippen LogP contribution in [-0.4, -0.2) is 46.5 Å². The maximum atomic E-state index is 13.9. The summed E-state index contributed by atoms with van der Waals surface area (Å²) in [4.78, 5) is 11.2. The Bertz CT molecular complexity index is 1330. The van der Waals surface area contributed by atoms with Crippen molar-refractivity contribution < 1.29 is 17.9 Å². The fourth-order valence-corrected chi connectivity index (χ4v) is 4.10. The van der Waals surface area contributed by atoms with Gasteiger partial charge in [0.15, 0.2) is 0 Å². The van der Waals surface area contributed by atoms with Gasteiger partial charge in [-0.15, -0.1) is 0 Å². The van der Waals surface area contributed by atoms with E-state index in [1.165, 1.54) is 12.1 Å². The van der Waals surface area contributed by atoms with Crippen LogP contribution in [0.2, 0.25) is 0 Å². The van der Waals surface area contributed by atoms with Gasteiger partial charge in [-0.1, -0.05) is 26.0 Å². The molecule has 0 N–H and O–H groups in total. The summed E-state index contributed by atoms with van der Waals surface area (Å²) in [5, 5.41) is 0. The van der Waals surface area contributed by atoms with Crippen molar-refractivity contribution in [2.45, 2.75) is 39.3 Å². The SMILES string of the molecule is Cc1nc(C(C)C)n2c1cnc1ccc(-c3ccc(OCCCN(C)C)c(C(F)(F)F)c3)cc12. The molecule has 5 nitrogen and oxygen atoms in total. The highest BCUT2D eigenvalue weighted by atomic mass is 19.4. The van der Waals surface area contributed by atoms with Crippen LogP contribution in [0.3, 0.4) is 0 Å². The van der Waals surface area contributed by atoms with Crippen LogP contribution in [0.1, 0.15) is 43.3 Å². The van der Waals surface area contributed by atoms with Crippen molar-refractivity contribution in [3.8, 4) is 16.9 Å². The molecule has 0 spiro atoms. The number of fused-ring (bicyclic) bond motifs is 3. The van der Waals surface area contributed by atoms with Gasteiger partial charge in [-0.3, -0.25) is 9.38 Å². The number of ether oxygens (including phenoxy) is 1. The number of nitrogens with zero attached hydrogens (tertiary/aromatic N) is 4. The zero-order chi connectivity index (χ0) is 24.6. The summed E-state index contributed by atoms with van der Waals surface area (Å²) in [6.07, 6.45) is -2.09. The number of benzene rings is 2. The van der Waals surface area contributed by atoms with E-state index in [1.807, 2.05) is 38.1 Å². The highest BCUT2D eigenvalue weighted by Gasteiger charge is 2.35. The summed E-state index contributed by atoms with van der Waals surface area (Å²) in [6.45, 7) is 7.03. The quantitative estimate of drug-likeness (QED) is 0.296. The molecule has 0 radical (unpaired) electrons. The second kappa shape index (κ2) is 9.25. The first-order chi connectivity index (χ1) is 16.1. The third-order valence-electron chi connectivity index (χ3n) is 5.81. The lowest BCUT2D eigenvalue weighted by Crippen LogP contribution is -2.16. The van der Waals surface area contributed by atoms with Gasteiger partial charge in [0.2, 0.25) is 0 Å². The molecule has 2 aromatic carbocycles. The number of aryl methyl sites for hydroxylation is 1.